The molecule has 0 saturated carbocycles. The average Bonchev–Trinajstić information content (AvgIpc) is 3.37. The Morgan fingerprint density at radius 3 is 2.44 bits per heavy atom. The Kier molecular flexibility index (Phi) is 4.57. The molecule has 2 fully saturated rings. The molecule has 3 atom stereocenters. The third kappa shape index (κ3) is 3.07. The topological polar surface area (TPSA) is 76.7 Å². The van der Waals surface area contributed by atoms with Gasteiger partial charge >= 0.3 is 0 Å². The standard InChI is InChI=1S/C19H24N4O3S/c1-21(2)27(25,26)23-12-15-11-22(19(24)17-9-6-10-20-17)13-16(15)18(23)14-7-4-3-5-8-14/h3-10,15-16,18,20H,11-13H2,1-2H3/t15-,16-,18+/m0/s1. The molecule has 7 nitrogen and oxygen atoms in total. The zero-order valence-electron chi connectivity index (χ0n) is 15.4. The number of H-pyrrole nitrogens is 1. The first kappa shape index (κ1) is 18.2. The lowest BCUT2D eigenvalue weighted by molar-refractivity contribution is 0.0768. The number of hydrogen-bond acceptors (Lipinski definition) is 3. The van der Waals surface area contributed by atoms with Gasteiger partial charge in [0.25, 0.3) is 16.1 Å². The number of aromatic nitrogens is 1. The highest BCUT2D eigenvalue weighted by molar-refractivity contribution is 7.86. The van der Waals surface area contributed by atoms with Crippen molar-refractivity contribution < 1.29 is 13.2 Å². The molecule has 144 valence electrons. The number of rotatable bonds is 4. The molecule has 2 saturated heterocycles. The molecule has 0 bridgehead atoms. The van der Waals surface area contributed by atoms with Gasteiger partial charge in [-0.2, -0.15) is 17.0 Å². The number of nitrogens with one attached hydrogen (secondary N) is 1. The minimum atomic E-state index is -3.54. The van der Waals surface area contributed by atoms with Crippen molar-refractivity contribution in [3.8, 4) is 0 Å². The maximum absolute atomic E-state index is 12.9. The summed E-state index contributed by atoms with van der Waals surface area (Å²) in [6, 6.07) is 13.1. The van der Waals surface area contributed by atoms with Gasteiger partial charge in [0.15, 0.2) is 0 Å². The van der Waals surface area contributed by atoms with E-state index >= 15 is 0 Å². The van der Waals surface area contributed by atoms with Gasteiger partial charge in [0, 0.05) is 45.8 Å². The van der Waals surface area contributed by atoms with Crippen LogP contribution in [0.2, 0.25) is 0 Å². The molecule has 0 aliphatic carbocycles. The van der Waals surface area contributed by atoms with E-state index in [1.165, 1.54) is 4.31 Å². The number of amides is 1. The molecule has 3 heterocycles. The third-order valence-corrected chi connectivity index (χ3v) is 7.53. The van der Waals surface area contributed by atoms with Crippen molar-refractivity contribution in [1.29, 1.82) is 0 Å². The van der Waals surface area contributed by atoms with Gasteiger partial charge in [-0.15, -0.1) is 0 Å². The average molecular weight is 388 g/mol. The van der Waals surface area contributed by atoms with E-state index in [0.29, 0.717) is 25.3 Å². The Morgan fingerprint density at radius 1 is 1.07 bits per heavy atom. The Labute approximate surface area is 159 Å². The van der Waals surface area contributed by atoms with Gasteiger partial charge in [0.05, 0.1) is 6.04 Å². The Hall–Kier alpha value is -2.16. The molecule has 0 radical (unpaired) electrons. The van der Waals surface area contributed by atoms with Crippen LogP contribution in [0, 0.1) is 11.8 Å². The molecule has 4 rings (SSSR count). The predicted octanol–water partition coefficient (Wildman–Crippen LogP) is 1.57. The molecule has 8 heteroatoms. The van der Waals surface area contributed by atoms with Gasteiger partial charge in [-0.05, 0) is 23.6 Å². The number of fused-ring (bicyclic) bond motifs is 1. The fourth-order valence-corrected chi connectivity index (χ4v) is 5.68. The van der Waals surface area contributed by atoms with Crippen LogP contribution in [-0.2, 0) is 10.2 Å². The van der Waals surface area contributed by atoms with E-state index < -0.39 is 10.2 Å². The van der Waals surface area contributed by atoms with Crippen LogP contribution >= 0.6 is 0 Å². The lowest BCUT2D eigenvalue weighted by Gasteiger charge is -2.31. The number of carbonyl (C=O) groups is 1. The van der Waals surface area contributed by atoms with Gasteiger partial charge < -0.3 is 9.88 Å². The van der Waals surface area contributed by atoms with Gasteiger partial charge in [-0.1, -0.05) is 30.3 Å². The normalized spacial score (nSPS) is 25.9. The first-order valence-corrected chi connectivity index (χ1v) is 10.5. The summed E-state index contributed by atoms with van der Waals surface area (Å²) in [6.07, 6.45) is 1.74. The summed E-state index contributed by atoms with van der Waals surface area (Å²) in [5, 5.41) is 0. The maximum Gasteiger partial charge on any atom is 0.282 e. The molecule has 0 unspecified atom stereocenters. The lowest BCUT2D eigenvalue weighted by Crippen LogP contribution is -2.42. The molecular formula is C19H24N4O3S. The largest absolute Gasteiger partial charge is 0.357 e. The first-order valence-electron chi connectivity index (χ1n) is 9.06. The summed E-state index contributed by atoms with van der Waals surface area (Å²) >= 11 is 0. The number of benzene rings is 1. The second kappa shape index (κ2) is 6.78. The van der Waals surface area contributed by atoms with E-state index in [-0.39, 0.29) is 23.8 Å². The van der Waals surface area contributed by atoms with Crippen molar-refractivity contribution in [2.24, 2.45) is 11.8 Å². The molecule has 1 N–H and O–H groups in total. The van der Waals surface area contributed by atoms with E-state index in [1.54, 1.807) is 30.7 Å². The smallest absolute Gasteiger partial charge is 0.282 e. The highest BCUT2D eigenvalue weighted by Gasteiger charge is 2.52. The molecular weight excluding hydrogens is 364 g/mol. The molecule has 2 aliphatic heterocycles. The summed E-state index contributed by atoms with van der Waals surface area (Å²) < 4.78 is 28.7. The molecule has 1 aromatic carbocycles. The zero-order valence-corrected chi connectivity index (χ0v) is 16.3. The number of nitrogens with zero attached hydrogens (tertiary/aromatic N) is 3. The fourth-order valence-electron chi connectivity index (χ4n) is 4.32. The number of carbonyl (C=O) groups excluding carboxylic acids is 1. The van der Waals surface area contributed by atoms with Crippen molar-refractivity contribution in [3.05, 3.63) is 59.9 Å². The minimum absolute atomic E-state index is 0.0248. The van der Waals surface area contributed by atoms with E-state index in [1.807, 2.05) is 41.3 Å². The summed E-state index contributed by atoms with van der Waals surface area (Å²) in [6.45, 7) is 1.56. The molecule has 27 heavy (non-hydrogen) atoms. The van der Waals surface area contributed by atoms with Crippen molar-refractivity contribution in [2.75, 3.05) is 33.7 Å². The van der Waals surface area contributed by atoms with E-state index in [0.717, 1.165) is 5.56 Å². The molecule has 2 aromatic rings. The van der Waals surface area contributed by atoms with Crippen LogP contribution in [0.4, 0.5) is 0 Å². The summed E-state index contributed by atoms with van der Waals surface area (Å²) in [5.41, 5.74) is 1.55. The Bertz CT molecular complexity index is 912. The van der Waals surface area contributed by atoms with Crippen LogP contribution in [0.15, 0.2) is 48.7 Å². The van der Waals surface area contributed by atoms with Crippen molar-refractivity contribution in [3.63, 3.8) is 0 Å². The SMILES string of the molecule is CN(C)S(=O)(=O)N1C[C@@H]2CN(C(=O)c3ccc[nH]3)C[C@@H]2[C@H]1c1ccccc1. The number of hydrogen-bond donors (Lipinski definition) is 1. The highest BCUT2D eigenvalue weighted by atomic mass is 32.2. The van der Waals surface area contributed by atoms with Crippen LogP contribution < -0.4 is 0 Å². The lowest BCUT2D eigenvalue weighted by atomic mass is 9.90. The predicted molar refractivity (Wildman–Crippen MR) is 102 cm³/mol. The van der Waals surface area contributed by atoms with Gasteiger partial charge in [-0.25, -0.2) is 0 Å². The number of aromatic amines is 1. The number of likely N-dealkylation sites (tertiary alicyclic amines) is 1. The van der Waals surface area contributed by atoms with E-state index in [9.17, 15) is 13.2 Å². The summed E-state index contributed by atoms with van der Waals surface area (Å²) in [5.74, 6) is 0.188. The highest BCUT2D eigenvalue weighted by Crippen LogP contribution is 2.46. The maximum atomic E-state index is 12.9. The third-order valence-electron chi connectivity index (χ3n) is 5.64. The Morgan fingerprint density at radius 2 is 1.81 bits per heavy atom. The van der Waals surface area contributed by atoms with E-state index in [4.69, 9.17) is 0 Å². The molecule has 1 amide bonds. The van der Waals surface area contributed by atoms with Gasteiger partial charge in [-0.3, -0.25) is 4.79 Å². The molecule has 2 aliphatic rings. The van der Waals surface area contributed by atoms with Gasteiger partial charge in [0.2, 0.25) is 0 Å². The van der Waals surface area contributed by atoms with Crippen LogP contribution in [0.25, 0.3) is 0 Å². The van der Waals surface area contributed by atoms with Crippen molar-refractivity contribution in [1.82, 2.24) is 18.5 Å². The van der Waals surface area contributed by atoms with Crippen LogP contribution in [0.1, 0.15) is 22.1 Å². The second-order valence-corrected chi connectivity index (χ2v) is 9.53. The fraction of sp³-hybridized carbons (Fsp3) is 0.421. The zero-order chi connectivity index (χ0) is 19.2. The van der Waals surface area contributed by atoms with Gasteiger partial charge in [0.1, 0.15) is 5.69 Å². The molecule has 1 aromatic heterocycles. The van der Waals surface area contributed by atoms with Crippen LogP contribution in [0.5, 0.6) is 0 Å². The minimum Gasteiger partial charge on any atom is -0.357 e. The van der Waals surface area contributed by atoms with Crippen LogP contribution in [0.3, 0.4) is 0 Å². The molecule has 0 spiro atoms. The summed E-state index contributed by atoms with van der Waals surface area (Å²) in [4.78, 5) is 17.5. The van der Waals surface area contributed by atoms with Crippen molar-refractivity contribution in [2.45, 2.75) is 6.04 Å². The second-order valence-electron chi connectivity index (χ2n) is 7.43. The van der Waals surface area contributed by atoms with Crippen LogP contribution in [-0.4, -0.2) is 66.5 Å². The van der Waals surface area contributed by atoms with E-state index in [2.05, 4.69) is 4.98 Å². The summed E-state index contributed by atoms with van der Waals surface area (Å²) in [7, 11) is -0.416. The quantitative estimate of drug-likeness (QED) is 0.864. The Balaban J connectivity index is 1.65. The van der Waals surface area contributed by atoms with Crippen molar-refractivity contribution >= 4 is 16.1 Å². The first-order chi connectivity index (χ1) is 12.9. The monoisotopic (exact) mass is 388 g/mol.